The molecule has 6 rings (SSSR count). The van der Waals surface area contributed by atoms with Gasteiger partial charge in [0.25, 0.3) is 5.56 Å². The summed E-state index contributed by atoms with van der Waals surface area (Å²) < 4.78 is 8.39. The van der Waals surface area contributed by atoms with E-state index in [1.165, 1.54) is 15.9 Å². The van der Waals surface area contributed by atoms with Crippen LogP contribution in [0.4, 0.5) is 0 Å². The van der Waals surface area contributed by atoms with E-state index in [0.29, 0.717) is 59.7 Å². The van der Waals surface area contributed by atoms with Gasteiger partial charge in [0.1, 0.15) is 24.3 Å². The number of hydrogen-bond acceptors (Lipinski definition) is 8. The second kappa shape index (κ2) is 11.9. The molecule has 224 valence electrons. The Morgan fingerprint density at radius 3 is 2.60 bits per heavy atom. The summed E-state index contributed by atoms with van der Waals surface area (Å²) in [5.74, 6) is -0.121. The van der Waals surface area contributed by atoms with Gasteiger partial charge in [0.2, 0.25) is 0 Å². The maximum absolute atomic E-state index is 13.9. The summed E-state index contributed by atoms with van der Waals surface area (Å²) in [6.45, 7) is 5.57. The number of carboxylic acids is 1. The number of nitrogens with zero attached hydrogens (tertiary/aromatic N) is 5. The van der Waals surface area contributed by atoms with Gasteiger partial charge >= 0.3 is 5.97 Å². The van der Waals surface area contributed by atoms with Crippen LogP contribution in [-0.4, -0.2) is 37.2 Å². The number of aromatic carboxylic acids is 1. The Morgan fingerprint density at radius 1 is 1.07 bits per heavy atom. The van der Waals surface area contributed by atoms with Crippen LogP contribution in [0.2, 0.25) is 10.0 Å². The molecule has 0 saturated heterocycles. The van der Waals surface area contributed by atoms with Gasteiger partial charge in [0.05, 0.1) is 43.8 Å². The lowest BCUT2D eigenvalue weighted by molar-refractivity contribution is 0.0699. The molecule has 0 bridgehead atoms. The third-order valence-corrected chi connectivity index (χ3v) is 8.91. The largest absolute Gasteiger partial charge is 0.491 e. The van der Waals surface area contributed by atoms with Gasteiger partial charge in [0, 0.05) is 44.7 Å². The molecule has 1 N–H and O–H groups in total. The predicted octanol–water partition coefficient (Wildman–Crippen LogP) is 7.62. The fraction of sp³-hybridized carbons (Fsp3) is 0.152. The fourth-order valence-electron chi connectivity index (χ4n) is 5.39. The molecule has 0 amide bonds. The predicted molar refractivity (Wildman–Crippen MR) is 176 cm³/mol. The first-order chi connectivity index (χ1) is 21.6. The molecule has 6 aromatic rings. The lowest BCUT2D eigenvalue weighted by Gasteiger charge is -2.16. The smallest absolute Gasteiger partial charge is 0.338 e. The van der Waals surface area contributed by atoms with Gasteiger partial charge in [-0.1, -0.05) is 23.2 Å². The number of pyridine rings is 2. The SMILES string of the molecule is Cc1cc(-c2c(Cl)cc3nc(C)n(CCOc4ccc(Cl)cc4-c4cc(C)nc5c(C(=O)O)csc45)c(=O)c3c2C#N)ccn1. The molecule has 0 atom stereocenters. The Morgan fingerprint density at radius 2 is 1.87 bits per heavy atom. The maximum atomic E-state index is 13.9. The van der Waals surface area contributed by atoms with Crippen LogP contribution in [0.15, 0.2) is 58.8 Å². The number of hydrogen-bond donors (Lipinski definition) is 1. The van der Waals surface area contributed by atoms with E-state index < -0.39 is 5.97 Å². The third kappa shape index (κ3) is 5.51. The minimum atomic E-state index is -1.05. The summed E-state index contributed by atoms with van der Waals surface area (Å²) in [7, 11) is 0. The molecule has 4 heterocycles. The van der Waals surface area contributed by atoms with Gasteiger partial charge < -0.3 is 9.84 Å². The van der Waals surface area contributed by atoms with Crippen molar-refractivity contribution >= 4 is 61.6 Å². The van der Waals surface area contributed by atoms with Crippen LogP contribution < -0.4 is 10.3 Å². The number of aryl methyl sites for hydroxylation is 3. The zero-order chi connectivity index (χ0) is 32.0. The molecule has 0 saturated carbocycles. The van der Waals surface area contributed by atoms with Crippen molar-refractivity contribution in [2.24, 2.45) is 0 Å². The molecule has 0 radical (unpaired) electrons. The highest BCUT2D eigenvalue weighted by Crippen LogP contribution is 2.40. The Hall–Kier alpha value is -4.82. The second-order valence-electron chi connectivity index (χ2n) is 10.3. The number of carbonyl (C=O) groups is 1. The molecule has 0 aliphatic heterocycles. The molecular formula is C33H23Cl2N5O4S. The fourth-order valence-corrected chi connectivity index (χ4v) is 6.88. The zero-order valence-corrected chi connectivity index (χ0v) is 26.5. The van der Waals surface area contributed by atoms with Crippen molar-refractivity contribution in [3.05, 3.63) is 103 Å². The summed E-state index contributed by atoms with van der Waals surface area (Å²) in [6, 6.07) is 14.4. The van der Waals surface area contributed by atoms with Gasteiger partial charge in [-0.25, -0.2) is 9.78 Å². The van der Waals surface area contributed by atoms with Crippen molar-refractivity contribution in [3.63, 3.8) is 0 Å². The van der Waals surface area contributed by atoms with E-state index in [2.05, 4.69) is 21.0 Å². The normalized spacial score (nSPS) is 11.2. The first-order valence-electron chi connectivity index (χ1n) is 13.7. The van der Waals surface area contributed by atoms with Crippen molar-refractivity contribution < 1.29 is 14.6 Å². The van der Waals surface area contributed by atoms with Gasteiger partial charge in [0.15, 0.2) is 0 Å². The van der Waals surface area contributed by atoms with Crippen LogP contribution in [-0.2, 0) is 6.54 Å². The topological polar surface area (TPSA) is 131 Å². The maximum Gasteiger partial charge on any atom is 0.338 e. The van der Waals surface area contributed by atoms with Gasteiger partial charge in [-0.05, 0) is 68.8 Å². The molecule has 9 nitrogen and oxygen atoms in total. The first kappa shape index (κ1) is 30.2. The Labute approximate surface area is 270 Å². The summed E-state index contributed by atoms with van der Waals surface area (Å²) in [5.41, 5.74) is 4.53. The molecular weight excluding hydrogens is 633 g/mol. The van der Waals surface area contributed by atoms with E-state index in [-0.39, 0.29) is 35.2 Å². The van der Waals surface area contributed by atoms with E-state index >= 15 is 0 Å². The number of ether oxygens (including phenoxy) is 1. The Kier molecular flexibility index (Phi) is 8.01. The molecule has 45 heavy (non-hydrogen) atoms. The van der Waals surface area contributed by atoms with Crippen molar-refractivity contribution in [2.75, 3.05) is 6.61 Å². The van der Waals surface area contributed by atoms with E-state index in [9.17, 15) is 20.0 Å². The molecule has 12 heteroatoms. The highest BCUT2D eigenvalue weighted by Gasteiger charge is 2.21. The summed E-state index contributed by atoms with van der Waals surface area (Å²) in [5, 5.41) is 22.4. The molecule has 0 fully saturated rings. The number of nitriles is 1. The molecule has 0 spiro atoms. The van der Waals surface area contributed by atoms with Crippen LogP contribution in [0, 0.1) is 32.1 Å². The van der Waals surface area contributed by atoms with Gasteiger partial charge in [-0.15, -0.1) is 11.3 Å². The second-order valence-corrected chi connectivity index (χ2v) is 12.1. The van der Waals surface area contributed by atoms with Crippen LogP contribution in [0.5, 0.6) is 5.75 Å². The van der Waals surface area contributed by atoms with Gasteiger partial charge in [-0.2, -0.15) is 5.26 Å². The lowest BCUT2D eigenvalue weighted by Crippen LogP contribution is -2.27. The van der Waals surface area contributed by atoms with E-state index in [1.54, 1.807) is 55.8 Å². The quantitative estimate of drug-likeness (QED) is 0.186. The third-order valence-electron chi connectivity index (χ3n) is 7.37. The lowest BCUT2D eigenvalue weighted by atomic mass is 9.97. The number of benzene rings is 2. The highest BCUT2D eigenvalue weighted by molar-refractivity contribution is 7.18. The van der Waals surface area contributed by atoms with E-state index in [1.807, 2.05) is 19.1 Å². The standard InChI is InChI=1S/C33H23Cl2N5O4S/c1-16-10-19(6-7-37-16)28-23(14-36)29-26(13-25(28)35)39-18(3)40(32(29)41)8-9-44-27-5-4-20(34)12-21(27)22-11-17(2)38-30-24(33(42)43)15-45-31(22)30/h4-7,10-13,15H,8-9H2,1-3H3,(H,42,43). The van der Waals surface area contributed by atoms with E-state index in [4.69, 9.17) is 27.9 Å². The molecule has 2 aromatic carbocycles. The van der Waals surface area contributed by atoms with Crippen LogP contribution in [0.25, 0.3) is 43.4 Å². The summed E-state index contributed by atoms with van der Waals surface area (Å²) in [4.78, 5) is 39.0. The Balaban J connectivity index is 1.38. The molecule has 0 aliphatic rings. The minimum absolute atomic E-state index is 0.0898. The van der Waals surface area contributed by atoms with Crippen molar-refractivity contribution in [1.82, 2.24) is 19.5 Å². The van der Waals surface area contributed by atoms with Crippen LogP contribution in [0.3, 0.4) is 0 Å². The molecule has 0 aliphatic carbocycles. The highest BCUT2D eigenvalue weighted by atomic mass is 35.5. The monoisotopic (exact) mass is 655 g/mol. The first-order valence-corrected chi connectivity index (χ1v) is 15.3. The van der Waals surface area contributed by atoms with Gasteiger partial charge in [-0.3, -0.25) is 19.3 Å². The number of thiophene rings is 1. The number of carboxylic acid groups (broad SMARTS) is 1. The van der Waals surface area contributed by atoms with Crippen LogP contribution in [0.1, 0.15) is 33.1 Å². The number of halogens is 2. The van der Waals surface area contributed by atoms with Crippen molar-refractivity contribution in [3.8, 4) is 34.1 Å². The summed E-state index contributed by atoms with van der Waals surface area (Å²) in [6.07, 6.45) is 1.63. The zero-order valence-electron chi connectivity index (χ0n) is 24.2. The van der Waals surface area contributed by atoms with Crippen molar-refractivity contribution in [1.29, 1.82) is 5.26 Å². The van der Waals surface area contributed by atoms with Crippen molar-refractivity contribution in [2.45, 2.75) is 27.3 Å². The average Bonchev–Trinajstić information content (AvgIpc) is 3.42. The molecule has 4 aromatic heterocycles. The number of rotatable bonds is 7. The Bertz CT molecular complexity index is 2290. The number of fused-ring (bicyclic) bond motifs is 2. The summed E-state index contributed by atoms with van der Waals surface area (Å²) >= 11 is 14.3. The average molecular weight is 657 g/mol. The minimum Gasteiger partial charge on any atom is -0.491 e. The van der Waals surface area contributed by atoms with Crippen LogP contribution >= 0.6 is 34.5 Å². The van der Waals surface area contributed by atoms with E-state index in [0.717, 1.165) is 11.3 Å². The molecule has 0 unspecified atom stereocenters. The number of aromatic nitrogens is 4.